The van der Waals surface area contributed by atoms with E-state index < -0.39 is 0 Å². The second-order valence-electron chi connectivity index (χ2n) is 4.89. The molecule has 0 fully saturated rings. The highest BCUT2D eigenvalue weighted by Gasteiger charge is 2.08. The minimum Gasteiger partial charge on any atom is -0.496 e. The van der Waals surface area contributed by atoms with Crippen molar-refractivity contribution in [2.24, 2.45) is 5.92 Å². The highest BCUT2D eigenvalue weighted by Crippen LogP contribution is 2.27. The first-order valence-electron chi connectivity index (χ1n) is 6.21. The zero-order valence-corrected chi connectivity index (χ0v) is 11.0. The smallest absolute Gasteiger partial charge is 0.336 e. The van der Waals surface area contributed by atoms with Gasteiger partial charge in [0.2, 0.25) is 0 Å². The molecular formula is C15H18O3. The van der Waals surface area contributed by atoms with Gasteiger partial charge < -0.3 is 9.15 Å². The number of aryl methyl sites for hydroxylation is 1. The Labute approximate surface area is 106 Å². The third kappa shape index (κ3) is 2.73. The van der Waals surface area contributed by atoms with Gasteiger partial charge in [-0.25, -0.2) is 4.79 Å². The number of ether oxygens (including phenoxy) is 1. The second-order valence-corrected chi connectivity index (χ2v) is 4.89. The molecule has 0 aliphatic heterocycles. The molecule has 0 radical (unpaired) electrons. The van der Waals surface area contributed by atoms with Crippen LogP contribution in [0.5, 0.6) is 5.75 Å². The summed E-state index contributed by atoms with van der Waals surface area (Å²) in [5, 5.41) is 0.939. The maximum absolute atomic E-state index is 11.2. The zero-order valence-electron chi connectivity index (χ0n) is 11.0. The van der Waals surface area contributed by atoms with Crippen LogP contribution in [0.15, 0.2) is 33.5 Å². The average Bonchev–Trinajstić information content (AvgIpc) is 2.35. The van der Waals surface area contributed by atoms with Gasteiger partial charge in [0.25, 0.3) is 0 Å². The summed E-state index contributed by atoms with van der Waals surface area (Å²) >= 11 is 0. The highest BCUT2D eigenvalue weighted by molar-refractivity contribution is 5.79. The first-order valence-corrected chi connectivity index (χ1v) is 6.21. The summed E-state index contributed by atoms with van der Waals surface area (Å²) in [4.78, 5) is 11.2. The first-order chi connectivity index (χ1) is 8.60. The van der Waals surface area contributed by atoms with Gasteiger partial charge >= 0.3 is 5.63 Å². The standard InChI is InChI=1S/C15H18O3/c1-10(2)4-5-11-8-12-6-7-15(16)18-14(12)9-13(11)17-3/h6-10H,4-5H2,1-3H3. The largest absolute Gasteiger partial charge is 0.496 e. The zero-order chi connectivity index (χ0) is 13.1. The molecule has 1 aromatic carbocycles. The number of benzene rings is 1. The Bertz CT molecular complexity index is 596. The molecule has 2 aromatic rings. The van der Waals surface area contributed by atoms with Crippen LogP contribution in [0.2, 0.25) is 0 Å². The molecule has 0 saturated heterocycles. The molecule has 0 saturated carbocycles. The molecule has 96 valence electrons. The molecule has 0 spiro atoms. The van der Waals surface area contributed by atoms with E-state index >= 15 is 0 Å². The molecule has 3 nitrogen and oxygen atoms in total. The van der Waals surface area contributed by atoms with Crippen LogP contribution < -0.4 is 10.4 Å². The van der Waals surface area contributed by atoms with Gasteiger partial charge in [-0.1, -0.05) is 13.8 Å². The van der Waals surface area contributed by atoms with E-state index in [4.69, 9.17) is 9.15 Å². The Morgan fingerprint density at radius 2 is 2.06 bits per heavy atom. The fourth-order valence-corrected chi connectivity index (χ4v) is 1.97. The molecule has 1 heterocycles. The van der Waals surface area contributed by atoms with Gasteiger partial charge in [-0.2, -0.15) is 0 Å². The van der Waals surface area contributed by atoms with Crippen LogP contribution >= 0.6 is 0 Å². The quantitative estimate of drug-likeness (QED) is 0.776. The second kappa shape index (κ2) is 5.25. The minimum atomic E-state index is -0.334. The van der Waals surface area contributed by atoms with E-state index in [0.29, 0.717) is 11.5 Å². The normalized spacial score (nSPS) is 11.1. The third-order valence-electron chi connectivity index (χ3n) is 3.01. The molecule has 2 rings (SSSR count). The van der Waals surface area contributed by atoms with Crippen molar-refractivity contribution >= 4 is 11.0 Å². The van der Waals surface area contributed by atoms with Crippen molar-refractivity contribution < 1.29 is 9.15 Å². The van der Waals surface area contributed by atoms with Crippen LogP contribution in [-0.2, 0) is 6.42 Å². The van der Waals surface area contributed by atoms with Crippen LogP contribution in [0, 0.1) is 5.92 Å². The fourth-order valence-electron chi connectivity index (χ4n) is 1.97. The van der Waals surface area contributed by atoms with E-state index in [2.05, 4.69) is 13.8 Å². The molecular weight excluding hydrogens is 228 g/mol. The lowest BCUT2D eigenvalue weighted by molar-refractivity contribution is 0.407. The van der Waals surface area contributed by atoms with Crippen LogP contribution in [0.1, 0.15) is 25.8 Å². The maximum Gasteiger partial charge on any atom is 0.336 e. The topological polar surface area (TPSA) is 39.4 Å². The molecule has 0 bridgehead atoms. The monoisotopic (exact) mass is 246 g/mol. The lowest BCUT2D eigenvalue weighted by Crippen LogP contribution is -1.99. The molecule has 0 unspecified atom stereocenters. The summed E-state index contributed by atoms with van der Waals surface area (Å²) in [6, 6.07) is 7.08. The van der Waals surface area contributed by atoms with E-state index in [1.807, 2.05) is 6.07 Å². The van der Waals surface area contributed by atoms with Gasteiger partial charge in [0.1, 0.15) is 11.3 Å². The fraction of sp³-hybridized carbons (Fsp3) is 0.400. The number of hydrogen-bond acceptors (Lipinski definition) is 3. The van der Waals surface area contributed by atoms with Crippen molar-refractivity contribution in [3.63, 3.8) is 0 Å². The molecule has 18 heavy (non-hydrogen) atoms. The predicted octanol–water partition coefficient (Wildman–Crippen LogP) is 3.39. The van der Waals surface area contributed by atoms with E-state index in [0.717, 1.165) is 29.5 Å². The van der Waals surface area contributed by atoms with Crippen LogP contribution in [0.25, 0.3) is 11.0 Å². The van der Waals surface area contributed by atoms with Gasteiger partial charge in [-0.15, -0.1) is 0 Å². The lowest BCUT2D eigenvalue weighted by Gasteiger charge is -2.11. The van der Waals surface area contributed by atoms with Crippen molar-refractivity contribution in [3.05, 3.63) is 40.2 Å². The number of rotatable bonds is 4. The molecule has 1 aromatic heterocycles. The number of methoxy groups -OCH3 is 1. The van der Waals surface area contributed by atoms with Crippen molar-refractivity contribution in [1.82, 2.24) is 0 Å². The summed E-state index contributed by atoms with van der Waals surface area (Å²) in [7, 11) is 1.64. The van der Waals surface area contributed by atoms with Crippen LogP contribution in [-0.4, -0.2) is 7.11 Å². The van der Waals surface area contributed by atoms with Crippen molar-refractivity contribution in [1.29, 1.82) is 0 Å². The molecule has 0 atom stereocenters. The summed E-state index contributed by atoms with van der Waals surface area (Å²) in [5.41, 5.74) is 1.40. The van der Waals surface area contributed by atoms with E-state index in [1.165, 1.54) is 6.07 Å². The summed E-state index contributed by atoms with van der Waals surface area (Å²) in [6.07, 6.45) is 2.08. The Hall–Kier alpha value is -1.77. The SMILES string of the molecule is COc1cc2oc(=O)ccc2cc1CCC(C)C. The Morgan fingerprint density at radius 3 is 2.72 bits per heavy atom. The average molecular weight is 246 g/mol. The molecule has 0 N–H and O–H groups in total. The van der Waals surface area contributed by atoms with Crippen molar-refractivity contribution in [2.45, 2.75) is 26.7 Å². The van der Waals surface area contributed by atoms with E-state index in [9.17, 15) is 4.79 Å². The Balaban J connectivity index is 2.45. The van der Waals surface area contributed by atoms with Crippen molar-refractivity contribution in [2.75, 3.05) is 7.11 Å². The minimum absolute atomic E-state index is 0.334. The Kier molecular flexibility index (Phi) is 3.70. The lowest BCUT2D eigenvalue weighted by atomic mass is 10.0. The van der Waals surface area contributed by atoms with E-state index in [1.54, 1.807) is 19.2 Å². The van der Waals surface area contributed by atoms with Gasteiger partial charge in [0.05, 0.1) is 7.11 Å². The van der Waals surface area contributed by atoms with Gasteiger partial charge in [-0.05, 0) is 36.5 Å². The van der Waals surface area contributed by atoms with Gasteiger partial charge in [0.15, 0.2) is 0 Å². The summed E-state index contributed by atoms with van der Waals surface area (Å²) < 4.78 is 10.5. The molecule has 0 aliphatic rings. The molecule has 3 heteroatoms. The van der Waals surface area contributed by atoms with Crippen LogP contribution in [0.3, 0.4) is 0 Å². The highest BCUT2D eigenvalue weighted by atomic mass is 16.5. The summed E-state index contributed by atoms with van der Waals surface area (Å²) in [6.45, 7) is 4.40. The van der Waals surface area contributed by atoms with Gasteiger partial charge in [-0.3, -0.25) is 0 Å². The first kappa shape index (κ1) is 12.7. The number of fused-ring (bicyclic) bond motifs is 1. The third-order valence-corrected chi connectivity index (χ3v) is 3.01. The van der Waals surface area contributed by atoms with E-state index in [-0.39, 0.29) is 5.63 Å². The predicted molar refractivity (Wildman–Crippen MR) is 72.2 cm³/mol. The Morgan fingerprint density at radius 1 is 1.28 bits per heavy atom. The van der Waals surface area contributed by atoms with Crippen molar-refractivity contribution in [3.8, 4) is 5.75 Å². The molecule has 0 aliphatic carbocycles. The molecule has 0 amide bonds. The summed E-state index contributed by atoms with van der Waals surface area (Å²) in [5.74, 6) is 1.44. The van der Waals surface area contributed by atoms with Gasteiger partial charge in [0, 0.05) is 17.5 Å². The number of hydrogen-bond donors (Lipinski definition) is 0. The maximum atomic E-state index is 11.2. The van der Waals surface area contributed by atoms with Crippen LogP contribution in [0.4, 0.5) is 0 Å².